The number of aryl methyl sites for hydroxylation is 2. The van der Waals surface area contributed by atoms with E-state index in [9.17, 15) is 4.39 Å². The third-order valence-electron chi connectivity index (χ3n) is 4.88. The predicted octanol–water partition coefficient (Wildman–Crippen LogP) is 5.30. The molecule has 1 heteroatoms. The van der Waals surface area contributed by atoms with E-state index in [1.807, 2.05) is 12.1 Å². The molecule has 0 nitrogen and oxygen atoms in total. The molecule has 1 aliphatic carbocycles. The average molecular weight is 302 g/mol. The highest BCUT2D eigenvalue weighted by Crippen LogP contribution is 2.36. The molecule has 0 saturated carbocycles. The van der Waals surface area contributed by atoms with Crippen molar-refractivity contribution in [1.29, 1.82) is 0 Å². The van der Waals surface area contributed by atoms with E-state index in [-0.39, 0.29) is 5.82 Å². The molecule has 0 aliphatic heterocycles. The number of fused-ring (bicyclic) bond motifs is 2. The lowest BCUT2D eigenvalue weighted by molar-refractivity contribution is 0.626. The van der Waals surface area contributed by atoms with Gasteiger partial charge in [0, 0.05) is 5.92 Å². The summed E-state index contributed by atoms with van der Waals surface area (Å²) in [6.07, 6.45) is 3.09. The van der Waals surface area contributed by atoms with Crippen LogP contribution in [0.25, 0.3) is 0 Å². The maximum atomic E-state index is 13.2. The predicted molar refractivity (Wildman–Crippen MR) is 92.2 cm³/mol. The second kappa shape index (κ2) is 6.00. The lowest BCUT2D eigenvalue weighted by Crippen LogP contribution is -2.07. The summed E-state index contributed by atoms with van der Waals surface area (Å²) in [5, 5.41) is 0. The minimum absolute atomic E-state index is 0.171. The number of halogens is 1. The third kappa shape index (κ3) is 2.79. The van der Waals surface area contributed by atoms with Crippen LogP contribution < -0.4 is 0 Å². The van der Waals surface area contributed by atoms with Crippen molar-refractivity contribution in [3.63, 3.8) is 0 Å². The standard InChI is InChI=1S/C22H19F/c23-19-13-9-16(10-14-19)15-22-20-7-3-1-5-17(20)11-12-18-6-2-4-8-21(18)22/h1-10,13-14,22H,11-12,15H2. The maximum absolute atomic E-state index is 13.2. The monoisotopic (exact) mass is 302 g/mol. The number of rotatable bonds is 2. The van der Waals surface area contributed by atoms with Crippen LogP contribution in [0.2, 0.25) is 0 Å². The van der Waals surface area contributed by atoms with Gasteiger partial charge in [-0.2, -0.15) is 0 Å². The summed E-state index contributed by atoms with van der Waals surface area (Å²) in [5.41, 5.74) is 6.90. The van der Waals surface area contributed by atoms with E-state index in [0.717, 1.165) is 19.3 Å². The Labute approximate surface area is 136 Å². The van der Waals surface area contributed by atoms with Crippen LogP contribution in [0.3, 0.4) is 0 Å². The molecule has 0 heterocycles. The Bertz CT molecular complexity index is 770. The topological polar surface area (TPSA) is 0 Å². The maximum Gasteiger partial charge on any atom is 0.123 e. The summed E-state index contributed by atoms with van der Waals surface area (Å²) in [4.78, 5) is 0. The minimum Gasteiger partial charge on any atom is -0.207 e. The van der Waals surface area contributed by atoms with Gasteiger partial charge in [0.2, 0.25) is 0 Å². The van der Waals surface area contributed by atoms with E-state index < -0.39 is 0 Å². The van der Waals surface area contributed by atoms with E-state index >= 15 is 0 Å². The van der Waals surface area contributed by atoms with Gasteiger partial charge >= 0.3 is 0 Å². The van der Waals surface area contributed by atoms with Crippen LogP contribution in [-0.4, -0.2) is 0 Å². The largest absolute Gasteiger partial charge is 0.207 e. The Morgan fingerprint density at radius 2 is 1.22 bits per heavy atom. The van der Waals surface area contributed by atoms with Crippen molar-refractivity contribution in [3.05, 3.63) is 106 Å². The highest BCUT2D eigenvalue weighted by Gasteiger charge is 2.23. The van der Waals surface area contributed by atoms with Crippen LogP contribution in [0.1, 0.15) is 33.7 Å². The normalized spacial score (nSPS) is 14.0. The number of hydrogen-bond acceptors (Lipinski definition) is 0. The van der Waals surface area contributed by atoms with Crippen LogP contribution in [0, 0.1) is 5.82 Å². The zero-order chi connectivity index (χ0) is 15.6. The molecule has 0 N–H and O–H groups in total. The molecular weight excluding hydrogens is 283 g/mol. The Morgan fingerprint density at radius 3 is 1.78 bits per heavy atom. The molecule has 0 amide bonds. The molecule has 0 spiro atoms. The first-order chi connectivity index (χ1) is 11.3. The molecule has 3 aromatic carbocycles. The van der Waals surface area contributed by atoms with Gasteiger partial charge in [0.15, 0.2) is 0 Å². The van der Waals surface area contributed by atoms with E-state index in [4.69, 9.17) is 0 Å². The van der Waals surface area contributed by atoms with E-state index in [1.54, 1.807) is 12.1 Å². The Balaban J connectivity index is 1.81. The molecule has 0 radical (unpaired) electrons. The molecule has 0 unspecified atom stereocenters. The Kier molecular flexibility index (Phi) is 3.70. The molecule has 0 atom stereocenters. The summed E-state index contributed by atoms with van der Waals surface area (Å²) in [6.45, 7) is 0. The van der Waals surface area contributed by atoms with Crippen LogP contribution in [0.15, 0.2) is 72.8 Å². The zero-order valence-electron chi connectivity index (χ0n) is 13.0. The third-order valence-corrected chi connectivity index (χ3v) is 4.88. The molecule has 114 valence electrons. The van der Waals surface area contributed by atoms with Crippen LogP contribution >= 0.6 is 0 Å². The molecule has 3 aromatic rings. The summed E-state index contributed by atoms with van der Waals surface area (Å²) < 4.78 is 13.2. The molecule has 1 aliphatic rings. The van der Waals surface area contributed by atoms with Gasteiger partial charge in [-0.3, -0.25) is 0 Å². The Hall–Kier alpha value is -2.41. The summed E-state index contributed by atoms with van der Waals surface area (Å²) in [7, 11) is 0. The fraction of sp³-hybridized carbons (Fsp3) is 0.182. The quantitative estimate of drug-likeness (QED) is 0.602. The van der Waals surface area contributed by atoms with Crippen LogP contribution in [0.4, 0.5) is 4.39 Å². The van der Waals surface area contributed by atoms with Gasteiger partial charge in [0.05, 0.1) is 0 Å². The lowest BCUT2D eigenvalue weighted by atomic mass is 9.83. The zero-order valence-corrected chi connectivity index (χ0v) is 13.0. The first kappa shape index (κ1) is 14.2. The highest BCUT2D eigenvalue weighted by molar-refractivity contribution is 5.46. The van der Waals surface area contributed by atoms with Gasteiger partial charge in [0.25, 0.3) is 0 Å². The van der Waals surface area contributed by atoms with Crippen molar-refractivity contribution in [3.8, 4) is 0 Å². The van der Waals surface area contributed by atoms with Crippen molar-refractivity contribution in [2.75, 3.05) is 0 Å². The lowest BCUT2D eigenvalue weighted by Gasteiger charge is -2.20. The first-order valence-corrected chi connectivity index (χ1v) is 8.21. The van der Waals surface area contributed by atoms with E-state index in [0.29, 0.717) is 5.92 Å². The average Bonchev–Trinajstić information content (AvgIpc) is 2.75. The summed E-state index contributed by atoms with van der Waals surface area (Å²) in [6, 6.07) is 24.5. The van der Waals surface area contributed by atoms with Crippen LogP contribution in [-0.2, 0) is 19.3 Å². The second-order valence-electron chi connectivity index (χ2n) is 6.28. The SMILES string of the molecule is Fc1ccc(CC2c3ccccc3CCc3ccccc32)cc1. The van der Waals surface area contributed by atoms with Gasteiger partial charge < -0.3 is 0 Å². The van der Waals surface area contributed by atoms with E-state index in [2.05, 4.69) is 48.5 Å². The van der Waals surface area contributed by atoms with Crippen LogP contribution in [0.5, 0.6) is 0 Å². The first-order valence-electron chi connectivity index (χ1n) is 8.21. The second-order valence-corrected chi connectivity index (χ2v) is 6.28. The van der Waals surface area contributed by atoms with Gasteiger partial charge in [-0.15, -0.1) is 0 Å². The van der Waals surface area contributed by atoms with Gasteiger partial charge in [-0.1, -0.05) is 60.7 Å². The van der Waals surface area contributed by atoms with Crippen molar-refractivity contribution < 1.29 is 4.39 Å². The smallest absolute Gasteiger partial charge is 0.123 e. The minimum atomic E-state index is -0.171. The molecule has 23 heavy (non-hydrogen) atoms. The van der Waals surface area contributed by atoms with Crippen molar-refractivity contribution in [2.45, 2.75) is 25.2 Å². The van der Waals surface area contributed by atoms with Crippen molar-refractivity contribution in [1.82, 2.24) is 0 Å². The van der Waals surface area contributed by atoms with E-state index in [1.165, 1.54) is 27.8 Å². The molecular formula is C22H19F. The van der Waals surface area contributed by atoms with Gasteiger partial charge in [0.1, 0.15) is 5.82 Å². The number of hydrogen-bond donors (Lipinski definition) is 0. The fourth-order valence-electron chi connectivity index (χ4n) is 3.72. The molecule has 4 rings (SSSR count). The highest BCUT2D eigenvalue weighted by atomic mass is 19.1. The molecule has 0 fully saturated rings. The van der Waals surface area contributed by atoms with Crippen molar-refractivity contribution >= 4 is 0 Å². The summed E-state index contributed by atoms with van der Waals surface area (Å²) >= 11 is 0. The Morgan fingerprint density at radius 1 is 0.696 bits per heavy atom. The molecule has 0 aromatic heterocycles. The van der Waals surface area contributed by atoms with Crippen molar-refractivity contribution in [2.24, 2.45) is 0 Å². The van der Waals surface area contributed by atoms with Gasteiger partial charge in [-0.05, 0) is 59.2 Å². The molecule has 0 bridgehead atoms. The number of benzene rings is 3. The summed E-state index contributed by atoms with van der Waals surface area (Å²) in [5.74, 6) is 0.172. The molecule has 0 saturated heterocycles. The van der Waals surface area contributed by atoms with Gasteiger partial charge in [-0.25, -0.2) is 4.39 Å². The fourth-order valence-corrected chi connectivity index (χ4v) is 3.72.